The Morgan fingerprint density at radius 3 is 2.84 bits per heavy atom. The zero-order valence-electron chi connectivity index (χ0n) is 17.4. The number of ether oxygens (including phenoxy) is 2. The smallest absolute Gasteiger partial charge is 0.275 e. The van der Waals surface area contributed by atoms with E-state index in [1.54, 1.807) is 29.0 Å². The Bertz CT molecular complexity index is 1180. The van der Waals surface area contributed by atoms with Crippen molar-refractivity contribution < 1.29 is 18.8 Å². The van der Waals surface area contributed by atoms with Gasteiger partial charge in [-0.3, -0.25) is 4.79 Å². The van der Waals surface area contributed by atoms with Crippen LogP contribution in [0.4, 0.5) is 0 Å². The number of amides is 1. The highest BCUT2D eigenvalue weighted by Gasteiger charge is 2.26. The van der Waals surface area contributed by atoms with E-state index in [0.717, 1.165) is 23.4 Å². The van der Waals surface area contributed by atoms with Crippen LogP contribution in [0.3, 0.4) is 0 Å². The molecule has 0 bridgehead atoms. The first-order valence-corrected chi connectivity index (χ1v) is 10.2. The van der Waals surface area contributed by atoms with Gasteiger partial charge in [-0.25, -0.2) is 9.67 Å². The summed E-state index contributed by atoms with van der Waals surface area (Å²) in [6.45, 7) is 0.623. The molecule has 0 saturated carbocycles. The Hall–Kier alpha value is -4.14. The van der Waals surface area contributed by atoms with Gasteiger partial charge in [0.05, 0.1) is 12.2 Å². The van der Waals surface area contributed by atoms with Gasteiger partial charge < -0.3 is 18.9 Å². The quantitative estimate of drug-likeness (QED) is 0.444. The minimum absolute atomic E-state index is 0.0726. The highest BCUT2D eigenvalue weighted by Crippen LogP contribution is 2.28. The highest BCUT2D eigenvalue weighted by molar-refractivity contribution is 5.92. The summed E-state index contributed by atoms with van der Waals surface area (Å²) in [5.74, 6) is 1.78. The van der Waals surface area contributed by atoms with E-state index in [1.165, 1.54) is 6.33 Å². The predicted octanol–water partition coefficient (Wildman–Crippen LogP) is 2.91. The summed E-state index contributed by atoms with van der Waals surface area (Å²) in [7, 11) is 1.73. The lowest BCUT2D eigenvalue weighted by Gasteiger charge is -2.19. The second-order valence-corrected chi connectivity index (χ2v) is 7.54. The molecule has 9 nitrogen and oxygen atoms in total. The first-order valence-electron chi connectivity index (χ1n) is 10.2. The molecule has 2 aromatic heterocycles. The molecule has 0 radical (unpaired) electrons. The number of carbonyl (C=O) groups is 1. The predicted molar refractivity (Wildman–Crippen MR) is 114 cm³/mol. The largest absolute Gasteiger partial charge is 0.488 e. The van der Waals surface area contributed by atoms with Crippen molar-refractivity contribution in [2.75, 3.05) is 13.6 Å². The van der Waals surface area contributed by atoms with Gasteiger partial charge in [0, 0.05) is 19.5 Å². The van der Waals surface area contributed by atoms with Crippen LogP contribution in [-0.2, 0) is 13.0 Å². The lowest BCUT2D eigenvalue weighted by molar-refractivity contribution is 0.0720. The Morgan fingerprint density at radius 1 is 1.22 bits per heavy atom. The van der Waals surface area contributed by atoms with Crippen molar-refractivity contribution in [3.63, 3.8) is 0 Å². The fraction of sp³-hybridized carbons (Fsp3) is 0.217. The summed E-state index contributed by atoms with van der Waals surface area (Å²) in [5.41, 5.74) is 2.27. The molecular formula is C23H21N5O4. The average Bonchev–Trinajstić information content (AvgIpc) is 3.58. The first kappa shape index (κ1) is 19.8. The standard InChI is InChI=1S/C23H21N5O4/c1-27(12-19-10-16-4-2-3-5-22(16)31-19)23(29)21-11-20(32-26-21)13-30-18-8-6-17(7-9-18)28-15-24-14-25-28/h2-9,11,14-15,19H,10,12-13H2,1H3. The SMILES string of the molecule is CN(CC1Cc2ccccc2O1)C(=O)c1cc(COc2ccc(-n3cncn3)cc2)on1. The fourth-order valence-corrected chi connectivity index (χ4v) is 3.61. The lowest BCUT2D eigenvalue weighted by atomic mass is 10.1. The molecule has 0 saturated heterocycles. The Balaban J connectivity index is 1.14. The molecule has 162 valence electrons. The summed E-state index contributed by atoms with van der Waals surface area (Å²) >= 11 is 0. The van der Waals surface area contributed by atoms with Gasteiger partial charge in [0.25, 0.3) is 5.91 Å². The monoisotopic (exact) mass is 431 g/mol. The van der Waals surface area contributed by atoms with Crippen LogP contribution in [0.25, 0.3) is 5.69 Å². The van der Waals surface area contributed by atoms with Crippen molar-refractivity contribution in [3.05, 3.63) is 84.3 Å². The lowest BCUT2D eigenvalue weighted by Crippen LogP contribution is -2.36. The Kier molecular flexibility index (Phi) is 5.29. The van der Waals surface area contributed by atoms with Gasteiger partial charge in [-0.2, -0.15) is 5.10 Å². The Labute approximate surface area is 184 Å². The van der Waals surface area contributed by atoms with E-state index < -0.39 is 0 Å². The van der Waals surface area contributed by atoms with Crippen LogP contribution in [0.5, 0.6) is 11.5 Å². The molecule has 1 unspecified atom stereocenters. The van der Waals surface area contributed by atoms with Crippen LogP contribution in [-0.4, -0.2) is 50.4 Å². The molecule has 1 aliphatic heterocycles. The van der Waals surface area contributed by atoms with E-state index in [1.807, 2.05) is 48.5 Å². The minimum Gasteiger partial charge on any atom is -0.488 e. The number of hydrogen-bond acceptors (Lipinski definition) is 7. The molecule has 4 aromatic rings. The van der Waals surface area contributed by atoms with Crippen molar-refractivity contribution in [3.8, 4) is 17.2 Å². The van der Waals surface area contributed by atoms with E-state index in [9.17, 15) is 4.79 Å². The van der Waals surface area contributed by atoms with Crippen LogP contribution in [0.1, 0.15) is 21.8 Å². The second kappa shape index (κ2) is 8.54. The number of carbonyl (C=O) groups excluding carboxylic acids is 1. The number of rotatable bonds is 7. The number of hydrogen-bond donors (Lipinski definition) is 0. The van der Waals surface area contributed by atoms with Gasteiger partial charge in [0.1, 0.15) is 36.9 Å². The third-order valence-corrected chi connectivity index (χ3v) is 5.22. The number of fused-ring (bicyclic) bond motifs is 1. The van der Waals surface area contributed by atoms with E-state index >= 15 is 0 Å². The van der Waals surface area contributed by atoms with E-state index in [2.05, 4.69) is 15.2 Å². The number of para-hydroxylation sites is 1. The molecule has 0 N–H and O–H groups in total. The third kappa shape index (κ3) is 4.18. The average molecular weight is 431 g/mol. The van der Waals surface area contributed by atoms with Gasteiger partial charge in [0.2, 0.25) is 0 Å². The van der Waals surface area contributed by atoms with Crippen LogP contribution in [0.2, 0.25) is 0 Å². The minimum atomic E-state index is -0.225. The molecule has 0 fully saturated rings. The van der Waals surface area contributed by atoms with E-state index in [4.69, 9.17) is 14.0 Å². The van der Waals surface area contributed by atoms with Crippen LogP contribution in [0.15, 0.2) is 71.8 Å². The van der Waals surface area contributed by atoms with Crippen LogP contribution in [0, 0.1) is 0 Å². The number of nitrogens with zero attached hydrogens (tertiary/aromatic N) is 5. The zero-order chi connectivity index (χ0) is 21.9. The molecule has 9 heteroatoms. The highest BCUT2D eigenvalue weighted by atomic mass is 16.5. The number of aromatic nitrogens is 4. The zero-order valence-corrected chi connectivity index (χ0v) is 17.4. The van der Waals surface area contributed by atoms with Gasteiger partial charge in [0.15, 0.2) is 11.5 Å². The molecule has 32 heavy (non-hydrogen) atoms. The molecule has 1 aliphatic rings. The summed E-state index contributed by atoms with van der Waals surface area (Å²) < 4.78 is 18.6. The second-order valence-electron chi connectivity index (χ2n) is 7.54. The van der Waals surface area contributed by atoms with Crippen molar-refractivity contribution >= 4 is 5.91 Å². The molecule has 0 aliphatic carbocycles. The van der Waals surface area contributed by atoms with Crippen molar-refractivity contribution in [1.29, 1.82) is 0 Å². The first-order chi connectivity index (χ1) is 15.7. The van der Waals surface area contributed by atoms with Crippen molar-refractivity contribution in [2.45, 2.75) is 19.1 Å². The van der Waals surface area contributed by atoms with Crippen LogP contribution < -0.4 is 9.47 Å². The summed E-state index contributed by atoms with van der Waals surface area (Å²) in [6.07, 6.45) is 3.81. The van der Waals surface area contributed by atoms with Crippen molar-refractivity contribution in [2.24, 2.45) is 0 Å². The maximum atomic E-state index is 12.7. The summed E-state index contributed by atoms with van der Waals surface area (Å²) in [6, 6.07) is 16.9. The molecule has 1 amide bonds. The maximum absolute atomic E-state index is 12.7. The summed E-state index contributed by atoms with van der Waals surface area (Å²) in [4.78, 5) is 18.3. The summed E-state index contributed by atoms with van der Waals surface area (Å²) in [5, 5.41) is 7.99. The van der Waals surface area contributed by atoms with Crippen LogP contribution >= 0.6 is 0 Å². The third-order valence-electron chi connectivity index (χ3n) is 5.22. The van der Waals surface area contributed by atoms with Crippen molar-refractivity contribution in [1.82, 2.24) is 24.8 Å². The maximum Gasteiger partial charge on any atom is 0.275 e. The Morgan fingerprint density at radius 2 is 2.06 bits per heavy atom. The number of likely N-dealkylation sites (N-methyl/N-ethyl adjacent to an activating group) is 1. The van der Waals surface area contributed by atoms with Gasteiger partial charge >= 0.3 is 0 Å². The molecule has 1 atom stereocenters. The van der Waals surface area contributed by atoms with E-state index in [-0.39, 0.29) is 24.3 Å². The molecule has 0 spiro atoms. The molecule has 2 aromatic carbocycles. The van der Waals surface area contributed by atoms with Gasteiger partial charge in [-0.1, -0.05) is 23.4 Å². The molecule has 3 heterocycles. The normalized spacial score (nSPS) is 14.6. The fourth-order valence-electron chi connectivity index (χ4n) is 3.61. The topological polar surface area (TPSA) is 95.5 Å². The van der Waals surface area contributed by atoms with Gasteiger partial charge in [-0.15, -0.1) is 0 Å². The molecule has 5 rings (SSSR count). The number of benzene rings is 2. The molecular weight excluding hydrogens is 410 g/mol. The van der Waals surface area contributed by atoms with E-state index in [0.29, 0.717) is 18.1 Å². The van der Waals surface area contributed by atoms with Gasteiger partial charge in [-0.05, 0) is 35.9 Å².